The Bertz CT molecular complexity index is 732. The van der Waals surface area contributed by atoms with Gasteiger partial charge in [-0.05, 0) is 31.7 Å². The summed E-state index contributed by atoms with van der Waals surface area (Å²) < 4.78 is 0. The van der Waals surface area contributed by atoms with Gasteiger partial charge in [-0.1, -0.05) is 30.3 Å². The van der Waals surface area contributed by atoms with Gasteiger partial charge >= 0.3 is 0 Å². The Kier molecular flexibility index (Phi) is 7.17. The number of carbonyl (C=O) groups excluding carboxylic acids is 3. The quantitative estimate of drug-likeness (QED) is 0.718. The summed E-state index contributed by atoms with van der Waals surface area (Å²) in [5.41, 5.74) is 0.986. The van der Waals surface area contributed by atoms with Crippen LogP contribution in [0.1, 0.15) is 38.2 Å². The van der Waals surface area contributed by atoms with E-state index in [1.165, 1.54) is 5.56 Å². The van der Waals surface area contributed by atoms with Gasteiger partial charge in [0.1, 0.15) is 5.88 Å². The van der Waals surface area contributed by atoms with Crippen LogP contribution in [-0.2, 0) is 19.8 Å². The standard InChI is InChI=1S/C22H30ClN3O3/c1-2-25-15-17(8-9-20(25)28)21(29)26-12-10-22(11-13-26,16-24-19(27)14-23)18-6-4-3-5-7-18/h3-7,17H,2,8-16H2,1H3,(H,24,27). The van der Waals surface area contributed by atoms with Gasteiger partial charge < -0.3 is 15.1 Å². The van der Waals surface area contributed by atoms with Crippen LogP contribution in [0.2, 0.25) is 0 Å². The zero-order valence-electron chi connectivity index (χ0n) is 17.0. The lowest BCUT2D eigenvalue weighted by Gasteiger charge is -2.44. The number of nitrogens with zero attached hydrogens (tertiary/aromatic N) is 2. The summed E-state index contributed by atoms with van der Waals surface area (Å²) in [5.74, 6) is -0.0281. The second-order valence-corrected chi connectivity index (χ2v) is 8.32. The number of halogens is 1. The fourth-order valence-electron chi connectivity index (χ4n) is 4.51. The van der Waals surface area contributed by atoms with Gasteiger partial charge in [-0.15, -0.1) is 11.6 Å². The van der Waals surface area contributed by atoms with Gasteiger partial charge in [0.05, 0.1) is 5.92 Å². The molecule has 1 N–H and O–H groups in total. The first kappa shape index (κ1) is 21.6. The molecule has 0 aromatic heterocycles. The molecule has 0 radical (unpaired) electrons. The molecule has 29 heavy (non-hydrogen) atoms. The van der Waals surface area contributed by atoms with Crippen LogP contribution in [0.3, 0.4) is 0 Å². The largest absolute Gasteiger partial charge is 0.354 e. The summed E-state index contributed by atoms with van der Waals surface area (Å²) in [4.78, 5) is 40.5. The maximum Gasteiger partial charge on any atom is 0.234 e. The summed E-state index contributed by atoms with van der Waals surface area (Å²) in [6.07, 6.45) is 2.67. The van der Waals surface area contributed by atoms with Crippen molar-refractivity contribution in [2.45, 2.75) is 38.0 Å². The molecular weight excluding hydrogens is 390 g/mol. The molecule has 0 aliphatic carbocycles. The number of piperidine rings is 2. The van der Waals surface area contributed by atoms with E-state index in [9.17, 15) is 14.4 Å². The molecule has 2 fully saturated rings. The minimum atomic E-state index is -0.197. The number of carbonyl (C=O) groups is 3. The third-order valence-corrected chi connectivity index (χ3v) is 6.64. The minimum Gasteiger partial charge on any atom is -0.354 e. The van der Waals surface area contributed by atoms with Crippen molar-refractivity contribution < 1.29 is 14.4 Å². The number of alkyl halides is 1. The van der Waals surface area contributed by atoms with Gasteiger partial charge in [0.2, 0.25) is 17.7 Å². The summed E-state index contributed by atoms with van der Waals surface area (Å²) >= 11 is 5.65. The molecule has 158 valence electrons. The van der Waals surface area contributed by atoms with Gasteiger partial charge in [0.25, 0.3) is 0 Å². The molecule has 0 saturated carbocycles. The van der Waals surface area contributed by atoms with E-state index in [-0.39, 0.29) is 34.9 Å². The summed E-state index contributed by atoms with van der Waals surface area (Å²) in [6.45, 7) is 4.96. The molecule has 2 saturated heterocycles. The Morgan fingerprint density at radius 1 is 1.21 bits per heavy atom. The molecular formula is C22H30ClN3O3. The van der Waals surface area contributed by atoms with E-state index in [0.717, 1.165) is 12.8 Å². The SMILES string of the molecule is CCN1CC(C(=O)N2CCC(CNC(=O)CCl)(c3ccccc3)CC2)CCC1=O. The van der Waals surface area contributed by atoms with Crippen molar-refractivity contribution in [2.24, 2.45) is 5.92 Å². The molecule has 1 aromatic rings. The predicted molar refractivity (Wildman–Crippen MR) is 113 cm³/mol. The first-order valence-electron chi connectivity index (χ1n) is 10.4. The van der Waals surface area contributed by atoms with Crippen molar-refractivity contribution in [3.63, 3.8) is 0 Å². The van der Waals surface area contributed by atoms with Crippen LogP contribution < -0.4 is 5.32 Å². The molecule has 2 aliphatic heterocycles. The van der Waals surface area contributed by atoms with Gasteiger partial charge in [0.15, 0.2) is 0 Å². The van der Waals surface area contributed by atoms with Crippen molar-refractivity contribution in [1.82, 2.24) is 15.1 Å². The second-order valence-electron chi connectivity index (χ2n) is 8.05. The highest BCUT2D eigenvalue weighted by molar-refractivity contribution is 6.27. The maximum absolute atomic E-state index is 13.1. The zero-order valence-corrected chi connectivity index (χ0v) is 17.8. The highest BCUT2D eigenvalue weighted by atomic mass is 35.5. The van der Waals surface area contributed by atoms with E-state index in [2.05, 4.69) is 17.4 Å². The molecule has 2 aliphatic rings. The lowest BCUT2D eigenvalue weighted by atomic mass is 9.72. The van der Waals surface area contributed by atoms with Gasteiger partial charge in [0, 0.05) is 44.6 Å². The van der Waals surface area contributed by atoms with Crippen molar-refractivity contribution in [1.29, 1.82) is 0 Å². The average Bonchev–Trinajstić information content (AvgIpc) is 2.78. The van der Waals surface area contributed by atoms with Crippen LogP contribution in [0.25, 0.3) is 0 Å². The molecule has 1 aromatic carbocycles. The van der Waals surface area contributed by atoms with Crippen LogP contribution in [0.15, 0.2) is 30.3 Å². The topological polar surface area (TPSA) is 69.7 Å². The Morgan fingerprint density at radius 3 is 2.52 bits per heavy atom. The molecule has 1 unspecified atom stereocenters. The molecule has 3 amide bonds. The number of hydrogen-bond acceptors (Lipinski definition) is 3. The third kappa shape index (κ3) is 4.92. The summed E-state index contributed by atoms with van der Waals surface area (Å²) in [6, 6.07) is 10.2. The van der Waals surface area contributed by atoms with E-state index >= 15 is 0 Å². The van der Waals surface area contributed by atoms with Crippen LogP contribution in [0, 0.1) is 5.92 Å². The lowest BCUT2D eigenvalue weighted by Crippen LogP contribution is -2.53. The Balaban J connectivity index is 1.67. The first-order chi connectivity index (χ1) is 14.0. The highest BCUT2D eigenvalue weighted by Gasteiger charge is 2.40. The Morgan fingerprint density at radius 2 is 1.90 bits per heavy atom. The number of likely N-dealkylation sites (tertiary alicyclic amines) is 2. The monoisotopic (exact) mass is 419 g/mol. The van der Waals surface area contributed by atoms with Crippen molar-refractivity contribution in [2.75, 3.05) is 38.6 Å². The number of rotatable bonds is 6. The van der Waals surface area contributed by atoms with E-state index in [1.54, 1.807) is 4.90 Å². The fraction of sp³-hybridized carbons (Fsp3) is 0.591. The molecule has 1 atom stereocenters. The molecule has 2 heterocycles. The van der Waals surface area contributed by atoms with Gasteiger partial charge in [-0.3, -0.25) is 14.4 Å². The number of hydrogen-bond donors (Lipinski definition) is 1. The number of amides is 3. The summed E-state index contributed by atoms with van der Waals surface area (Å²) in [5, 5.41) is 2.95. The van der Waals surface area contributed by atoms with Gasteiger partial charge in [-0.25, -0.2) is 0 Å². The van der Waals surface area contributed by atoms with Gasteiger partial charge in [-0.2, -0.15) is 0 Å². The van der Waals surface area contributed by atoms with Crippen LogP contribution in [0.5, 0.6) is 0 Å². The zero-order chi connectivity index (χ0) is 20.9. The fourth-order valence-corrected chi connectivity index (χ4v) is 4.60. The Hall–Kier alpha value is -2.08. The van der Waals surface area contributed by atoms with Crippen molar-refractivity contribution >= 4 is 29.3 Å². The van der Waals surface area contributed by atoms with Crippen LogP contribution in [0.4, 0.5) is 0 Å². The van der Waals surface area contributed by atoms with E-state index in [1.807, 2.05) is 30.0 Å². The third-order valence-electron chi connectivity index (χ3n) is 6.39. The summed E-state index contributed by atoms with van der Waals surface area (Å²) in [7, 11) is 0. The maximum atomic E-state index is 13.1. The van der Waals surface area contributed by atoms with Crippen molar-refractivity contribution in [3.05, 3.63) is 35.9 Å². The van der Waals surface area contributed by atoms with Crippen LogP contribution in [-0.4, -0.2) is 66.1 Å². The average molecular weight is 420 g/mol. The number of nitrogens with one attached hydrogen (secondary N) is 1. The normalized spacial score (nSPS) is 21.7. The first-order valence-corrected chi connectivity index (χ1v) is 11.0. The molecule has 0 spiro atoms. The second kappa shape index (κ2) is 9.61. The number of benzene rings is 1. The van der Waals surface area contributed by atoms with E-state index in [4.69, 9.17) is 11.6 Å². The van der Waals surface area contributed by atoms with Crippen LogP contribution >= 0.6 is 11.6 Å². The Labute approximate surface area is 177 Å². The molecule has 3 rings (SSSR count). The molecule has 0 bridgehead atoms. The smallest absolute Gasteiger partial charge is 0.234 e. The highest BCUT2D eigenvalue weighted by Crippen LogP contribution is 2.36. The molecule has 7 heteroatoms. The van der Waals surface area contributed by atoms with E-state index in [0.29, 0.717) is 45.6 Å². The van der Waals surface area contributed by atoms with E-state index < -0.39 is 0 Å². The minimum absolute atomic E-state index is 0.0518. The molecule has 6 nitrogen and oxygen atoms in total. The predicted octanol–water partition coefficient (Wildman–Crippen LogP) is 2.16. The lowest BCUT2D eigenvalue weighted by molar-refractivity contribution is -0.144. The van der Waals surface area contributed by atoms with Crippen molar-refractivity contribution in [3.8, 4) is 0 Å².